The molecule has 0 N–H and O–H groups in total. The predicted octanol–water partition coefficient (Wildman–Crippen LogP) is 3.43. The first kappa shape index (κ1) is 14.7. The van der Waals surface area contributed by atoms with Crippen LogP contribution in [0.1, 0.15) is 0 Å². The van der Waals surface area contributed by atoms with Crippen LogP contribution in [0.5, 0.6) is 0 Å². The lowest BCUT2D eigenvalue weighted by Crippen LogP contribution is -2.54. The maximum atomic E-state index is 5.93. The Balaban J connectivity index is 2.22. The average molecular weight is 367 g/mol. The van der Waals surface area contributed by atoms with Crippen LogP contribution in [0.2, 0.25) is 0 Å². The Morgan fingerprint density at radius 2 is 1.43 bits per heavy atom. The number of benzene rings is 2. The molecule has 0 bridgehead atoms. The normalized spacial score (nSPS) is 12.4. The zero-order valence-corrected chi connectivity index (χ0v) is 14.6. The molecule has 1 heterocycles. The summed E-state index contributed by atoms with van der Waals surface area (Å²) < 4.78 is 23.4. The topological polar surface area (TPSA) is 40.8 Å². The molecule has 0 aliphatic rings. The number of furan rings is 1. The second-order valence-electron chi connectivity index (χ2n) is 4.62. The van der Waals surface area contributed by atoms with Crippen molar-refractivity contribution in [1.82, 2.24) is 0 Å². The summed E-state index contributed by atoms with van der Waals surface area (Å²) in [4.78, 5) is 0. The van der Waals surface area contributed by atoms with E-state index in [0.29, 0.717) is 0 Å². The van der Waals surface area contributed by atoms with Crippen LogP contribution < -0.4 is 5.19 Å². The van der Waals surface area contributed by atoms with Gasteiger partial charge in [-0.15, -0.1) is 0 Å². The molecule has 0 saturated heterocycles. The van der Waals surface area contributed by atoms with Gasteiger partial charge in [-0.05, 0) is 24.3 Å². The molecule has 0 atom stereocenters. The molecule has 3 aromatic rings. The largest absolute Gasteiger partial charge is 0.536 e. The van der Waals surface area contributed by atoms with Gasteiger partial charge in [0.15, 0.2) is 0 Å². The van der Waals surface area contributed by atoms with Crippen LogP contribution in [0.4, 0.5) is 0 Å². The minimum absolute atomic E-state index is 0.795. The third kappa shape index (κ3) is 2.33. The highest BCUT2D eigenvalue weighted by atomic mass is 79.9. The van der Waals surface area contributed by atoms with E-state index in [9.17, 15) is 0 Å². The number of hydrogen-bond donors (Lipinski definition) is 0. The van der Waals surface area contributed by atoms with Crippen LogP contribution in [0.25, 0.3) is 21.9 Å². The second kappa shape index (κ2) is 5.55. The van der Waals surface area contributed by atoms with Crippen LogP contribution in [0, 0.1) is 0 Å². The fraction of sp³-hybridized carbons (Fsp3) is 0.200. The van der Waals surface area contributed by atoms with Gasteiger partial charge in [-0.25, -0.2) is 0 Å². The minimum atomic E-state index is -2.84. The van der Waals surface area contributed by atoms with Gasteiger partial charge in [0, 0.05) is 41.8 Å². The highest BCUT2D eigenvalue weighted by Crippen LogP contribution is 2.30. The van der Waals surface area contributed by atoms with E-state index in [4.69, 9.17) is 17.7 Å². The van der Waals surface area contributed by atoms with Gasteiger partial charge in [0.05, 0.1) is 0 Å². The lowest BCUT2D eigenvalue weighted by molar-refractivity contribution is 0.140. The molecule has 110 valence electrons. The molecule has 0 aliphatic heterocycles. The molecule has 0 unspecified atom stereocenters. The zero-order chi connectivity index (χ0) is 15.0. The summed E-state index contributed by atoms with van der Waals surface area (Å²) in [7, 11) is 1.95. The molecule has 6 heteroatoms. The molecule has 2 aromatic carbocycles. The first-order valence-corrected chi connectivity index (χ1v) is 8.93. The van der Waals surface area contributed by atoms with Gasteiger partial charge in [-0.1, -0.05) is 28.1 Å². The molecular weight excluding hydrogens is 352 g/mol. The van der Waals surface area contributed by atoms with Crippen molar-refractivity contribution < 1.29 is 17.7 Å². The Kier molecular flexibility index (Phi) is 3.89. The molecule has 0 aliphatic carbocycles. The summed E-state index contributed by atoms with van der Waals surface area (Å²) in [5.74, 6) is 0. The summed E-state index contributed by atoms with van der Waals surface area (Å²) in [5.41, 5.74) is 1.64. The van der Waals surface area contributed by atoms with Crippen LogP contribution >= 0.6 is 15.9 Å². The van der Waals surface area contributed by atoms with Crippen molar-refractivity contribution in [3.8, 4) is 0 Å². The van der Waals surface area contributed by atoms with Crippen molar-refractivity contribution in [2.75, 3.05) is 21.3 Å². The monoisotopic (exact) mass is 366 g/mol. The van der Waals surface area contributed by atoms with Gasteiger partial charge in [0.1, 0.15) is 11.2 Å². The fourth-order valence-corrected chi connectivity index (χ4v) is 4.69. The third-order valence-corrected chi connectivity index (χ3v) is 6.72. The molecule has 0 amide bonds. The molecule has 4 nitrogen and oxygen atoms in total. The quantitative estimate of drug-likeness (QED) is 0.663. The van der Waals surface area contributed by atoms with E-state index < -0.39 is 8.80 Å². The number of hydrogen-bond acceptors (Lipinski definition) is 4. The number of rotatable bonds is 4. The van der Waals surface area contributed by atoms with Gasteiger partial charge in [-0.3, -0.25) is 0 Å². The van der Waals surface area contributed by atoms with E-state index in [2.05, 4.69) is 15.9 Å². The Morgan fingerprint density at radius 1 is 0.857 bits per heavy atom. The van der Waals surface area contributed by atoms with E-state index in [-0.39, 0.29) is 0 Å². The smallest absolute Gasteiger partial charge is 0.456 e. The Labute approximate surface area is 132 Å². The van der Waals surface area contributed by atoms with Crippen LogP contribution in [-0.4, -0.2) is 30.1 Å². The van der Waals surface area contributed by atoms with E-state index in [1.165, 1.54) is 0 Å². The molecule has 1 aromatic heterocycles. The minimum Gasteiger partial charge on any atom is -0.456 e. The molecule has 21 heavy (non-hydrogen) atoms. The molecule has 3 rings (SSSR count). The zero-order valence-electron chi connectivity index (χ0n) is 12.0. The van der Waals surface area contributed by atoms with Gasteiger partial charge in [0.25, 0.3) is 0 Å². The lowest BCUT2D eigenvalue weighted by atomic mass is 10.1. The van der Waals surface area contributed by atoms with E-state index in [1.807, 2.05) is 36.4 Å². The molecule has 0 radical (unpaired) electrons. The van der Waals surface area contributed by atoms with Crippen molar-refractivity contribution in [1.29, 1.82) is 0 Å². The van der Waals surface area contributed by atoms with Crippen molar-refractivity contribution in [3.63, 3.8) is 0 Å². The van der Waals surface area contributed by atoms with Crippen molar-refractivity contribution in [3.05, 3.63) is 40.9 Å². The first-order chi connectivity index (χ1) is 10.1. The van der Waals surface area contributed by atoms with Gasteiger partial charge in [-0.2, -0.15) is 0 Å². The summed E-state index contributed by atoms with van der Waals surface area (Å²) in [5, 5.41) is 3.02. The lowest BCUT2D eigenvalue weighted by Gasteiger charge is -2.24. The summed E-state index contributed by atoms with van der Waals surface area (Å²) in [6.45, 7) is 0. The van der Waals surface area contributed by atoms with Gasteiger partial charge in [0.2, 0.25) is 0 Å². The Hall–Kier alpha value is -1.18. The summed E-state index contributed by atoms with van der Waals surface area (Å²) >= 11 is 3.46. The second-order valence-corrected chi connectivity index (χ2v) is 8.45. The summed E-state index contributed by atoms with van der Waals surface area (Å²) in [6.07, 6.45) is 0. The third-order valence-electron chi connectivity index (χ3n) is 3.60. The van der Waals surface area contributed by atoms with E-state index in [1.54, 1.807) is 21.3 Å². The van der Waals surface area contributed by atoms with Gasteiger partial charge >= 0.3 is 8.80 Å². The van der Waals surface area contributed by atoms with Crippen LogP contribution in [-0.2, 0) is 13.3 Å². The highest BCUT2D eigenvalue weighted by Gasteiger charge is 2.41. The maximum Gasteiger partial charge on any atom is 0.536 e. The van der Waals surface area contributed by atoms with Crippen LogP contribution in [0.15, 0.2) is 45.3 Å². The molecule has 0 fully saturated rings. The predicted molar refractivity (Wildman–Crippen MR) is 87.8 cm³/mol. The van der Waals surface area contributed by atoms with E-state index in [0.717, 1.165) is 31.6 Å². The maximum absolute atomic E-state index is 5.93. The Bertz CT molecular complexity index is 787. The highest BCUT2D eigenvalue weighted by molar-refractivity contribution is 9.10. The Morgan fingerprint density at radius 3 is 2.05 bits per heavy atom. The average Bonchev–Trinajstić information content (AvgIpc) is 2.86. The molecular formula is C15H15BrO4Si. The molecule has 0 saturated carbocycles. The first-order valence-electron chi connectivity index (χ1n) is 6.41. The number of halogens is 1. The standard InChI is InChI=1S/C15H15BrO4Si/c1-17-21(18-2,19-3)11-5-7-13-12-6-4-10(16)8-14(12)20-15(13)9-11/h4-9H,1-3H3. The van der Waals surface area contributed by atoms with Crippen molar-refractivity contribution in [2.45, 2.75) is 0 Å². The van der Waals surface area contributed by atoms with Crippen LogP contribution in [0.3, 0.4) is 0 Å². The fourth-order valence-electron chi connectivity index (χ4n) is 2.54. The number of fused-ring (bicyclic) bond motifs is 3. The molecule has 0 spiro atoms. The van der Waals surface area contributed by atoms with Gasteiger partial charge < -0.3 is 17.7 Å². The summed E-state index contributed by atoms with van der Waals surface area (Å²) in [6, 6.07) is 11.9. The SMILES string of the molecule is CO[Si](OC)(OC)c1ccc2c(c1)oc1cc(Br)ccc12. The van der Waals surface area contributed by atoms with E-state index >= 15 is 0 Å². The van der Waals surface area contributed by atoms with Crippen molar-refractivity contribution in [2.24, 2.45) is 0 Å². The van der Waals surface area contributed by atoms with Crippen molar-refractivity contribution >= 4 is 51.9 Å².